The highest BCUT2D eigenvalue weighted by Crippen LogP contribution is 2.26. The van der Waals surface area contributed by atoms with Crippen molar-refractivity contribution in [1.82, 2.24) is 9.97 Å². The van der Waals surface area contributed by atoms with Crippen LogP contribution in [0.4, 0.5) is 0 Å². The van der Waals surface area contributed by atoms with Crippen molar-refractivity contribution < 1.29 is 0 Å². The molecule has 0 radical (unpaired) electrons. The van der Waals surface area contributed by atoms with Crippen molar-refractivity contribution in [3.05, 3.63) is 43.7 Å². The number of nitrogens with zero attached hydrogens (tertiary/aromatic N) is 2. The Morgan fingerprint density at radius 1 is 1.18 bits per heavy atom. The molecular weight excluding hydrogens is 367 g/mol. The monoisotopic (exact) mass is 372 g/mol. The van der Waals surface area contributed by atoms with Crippen LogP contribution in [0.5, 0.6) is 0 Å². The van der Waals surface area contributed by atoms with Crippen molar-refractivity contribution >= 4 is 56.4 Å². The van der Waals surface area contributed by atoms with Gasteiger partial charge in [0.2, 0.25) is 0 Å². The largest absolute Gasteiger partial charge is 0.228 e. The molecule has 0 amide bonds. The number of thiophene rings is 1. The molecule has 0 aliphatic heterocycles. The van der Waals surface area contributed by atoms with Gasteiger partial charge in [0.05, 0.1) is 5.52 Å². The van der Waals surface area contributed by atoms with E-state index in [0.29, 0.717) is 11.0 Å². The third-order valence-electron chi connectivity index (χ3n) is 2.39. The topological polar surface area (TPSA) is 25.8 Å². The lowest BCUT2D eigenvalue weighted by atomic mass is 10.2. The smallest absolute Gasteiger partial charge is 0.162 e. The molecule has 2 heterocycles. The minimum absolute atomic E-state index is 0.509. The lowest BCUT2D eigenvalue weighted by Crippen LogP contribution is -1.91. The van der Waals surface area contributed by atoms with Crippen LogP contribution in [0.15, 0.2) is 35.0 Å². The fraction of sp³-hybridized carbons (Fsp3) is 0. The summed E-state index contributed by atoms with van der Waals surface area (Å²) in [6.07, 6.45) is 0. The summed E-state index contributed by atoms with van der Waals surface area (Å²) in [5, 5.41) is 5.43. The van der Waals surface area contributed by atoms with E-state index in [-0.39, 0.29) is 0 Å². The molecule has 2 nitrogen and oxygen atoms in total. The van der Waals surface area contributed by atoms with Crippen molar-refractivity contribution in [3.8, 4) is 11.4 Å². The summed E-state index contributed by atoms with van der Waals surface area (Å²) < 4.78 is 1.13. The summed E-state index contributed by atoms with van der Waals surface area (Å²) in [6.45, 7) is 0. The summed E-state index contributed by atoms with van der Waals surface area (Å²) in [4.78, 5) is 8.87. The predicted octanol–water partition coefficient (Wildman–Crippen LogP) is 4.62. The standard InChI is InChI=1S/C12H6ClIN2S/c13-11-9-5-8(14)1-2-10(9)15-12(16-11)7-3-4-17-6-7/h1-6H. The molecule has 3 rings (SSSR count). The average Bonchev–Trinajstić information content (AvgIpc) is 2.83. The molecule has 0 fully saturated rings. The highest BCUT2D eigenvalue weighted by molar-refractivity contribution is 14.1. The van der Waals surface area contributed by atoms with Crippen molar-refractivity contribution in [3.63, 3.8) is 0 Å². The van der Waals surface area contributed by atoms with Crippen molar-refractivity contribution in [2.75, 3.05) is 0 Å². The first-order valence-electron chi connectivity index (χ1n) is 4.89. The van der Waals surface area contributed by atoms with Gasteiger partial charge < -0.3 is 0 Å². The Bertz CT molecular complexity index is 682. The second kappa shape index (κ2) is 4.51. The third-order valence-corrected chi connectivity index (χ3v) is 4.03. The molecule has 5 heteroatoms. The van der Waals surface area contributed by atoms with Gasteiger partial charge in [0.1, 0.15) is 5.15 Å². The number of halogens is 2. The fourth-order valence-corrected chi connectivity index (χ4v) is 2.94. The first kappa shape index (κ1) is 11.4. The van der Waals surface area contributed by atoms with Crippen LogP contribution in [0.1, 0.15) is 0 Å². The van der Waals surface area contributed by atoms with Gasteiger partial charge in [-0.2, -0.15) is 11.3 Å². The number of aromatic nitrogens is 2. The zero-order valence-corrected chi connectivity index (χ0v) is 12.3. The number of hydrogen-bond donors (Lipinski definition) is 0. The van der Waals surface area contributed by atoms with Gasteiger partial charge >= 0.3 is 0 Å². The molecule has 17 heavy (non-hydrogen) atoms. The second-order valence-electron chi connectivity index (χ2n) is 3.51. The van der Waals surface area contributed by atoms with Crippen LogP contribution in [-0.2, 0) is 0 Å². The Hall–Kier alpha value is -0.720. The van der Waals surface area contributed by atoms with Crippen molar-refractivity contribution in [1.29, 1.82) is 0 Å². The van der Waals surface area contributed by atoms with Crippen LogP contribution in [0.3, 0.4) is 0 Å². The van der Waals surface area contributed by atoms with Gasteiger partial charge in [-0.05, 0) is 52.2 Å². The molecule has 0 aliphatic carbocycles. The second-order valence-corrected chi connectivity index (χ2v) is 5.90. The Morgan fingerprint density at radius 3 is 2.82 bits per heavy atom. The number of fused-ring (bicyclic) bond motifs is 1. The molecule has 0 N–H and O–H groups in total. The maximum absolute atomic E-state index is 6.20. The van der Waals surface area contributed by atoms with Crippen LogP contribution in [0.2, 0.25) is 5.15 Å². The van der Waals surface area contributed by atoms with Crippen molar-refractivity contribution in [2.24, 2.45) is 0 Å². The Balaban J connectivity index is 2.28. The van der Waals surface area contributed by atoms with Gasteiger partial charge in [0, 0.05) is 19.9 Å². The molecule has 0 unspecified atom stereocenters. The molecule has 3 aromatic rings. The van der Waals surface area contributed by atoms with E-state index >= 15 is 0 Å². The minimum Gasteiger partial charge on any atom is -0.228 e. The summed E-state index contributed by atoms with van der Waals surface area (Å²) in [7, 11) is 0. The zero-order chi connectivity index (χ0) is 11.8. The average molecular weight is 373 g/mol. The zero-order valence-electron chi connectivity index (χ0n) is 8.52. The molecule has 0 atom stereocenters. The Labute approximate surface area is 121 Å². The predicted molar refractivity (Wildman–Crippen MR) is 80.6 cm³/mol. The van der Waals surface area contributed by atoms with Gasteiger partial charge in [-0.15, -0.1) is 0 Å². The van der Waals surface area contributed by atoms with Crippen LogP contribution in [-0.4, -0.2) is 9.97 Å². The number of rotatable bonds is 1. The van der Waals surface area contributed by atoms with E-state index in [1.807, 2.05) is 35.0 Å². The molecule has 1 aromatic carbocycles. The van der Waals surface area contributed by atoms with Gasteiger partial charge in [-0.3, -0.25) is 0 Å². The Kier molecular flexibility index (Phi) is 3.02. The van der Waals surface area contributed by atoms with E-state index < -0.39 is 0 Å². The highest BCUT2D eigenvalue weighted by atomic mass is 127. The van der Waals surface area contributed by atoms with E-state index in [4.69, 9.17) is 11.6 Å². The van der Waals surface area contributed by atoms with E-state index in [1.54, 1.807) is 11.3 Å². The molecule has 0 aliphatic rings. The molecule has 0 saturated carbocycles. The van der Waals surface area contributed by atoms with E-state index in [9.17, 15) is 0 Å². The minimum atomic E-state index is 0.509. The number of hydrogen-bond acceptors (Lipinski definition) is 3. The van der Waals surface area contributed by atoms with Gasteiger partial charge in [-0.1, -0.05) is 11.6 Å². The lowest BCUT2D eigenvalue weighted by molar-refractivity contribution is 1.23. The van der Waals surface area contributed by atoms with E-state index in [0.717, 1.165) is 20.0 Å². The van der Waals surface area contributed by atoms with Crippen LogP contribution in [0, 0.1) is 3.57 Å². The summed E-state index contributed by atoms with van der Waals surface area (Å²) in [6, 6.07) is 7.98. The SMILES string of the molecule is Clc1nc(-c2ccsc2)nc2ccc(I)cc12. The summed E-state index contributed by atoms with van der Waals surface area (Å²) in [5.74, 6) is 0.685. The molecule has 84 valence electrons. The molecule has 0 bridgehead atoms. The maximum Gasteiger partial charge on any atom is 0.162 e. The first-order chi connectivity index (χ1) is 8.24. The Morgan fingerprint density at radius 2 is 2.06 bits per heavy atom. The van der Waals surface area contributed by atoms with Crippen molar-refractivity contribution in [2.45, 2.75) is 0 Å². The maximum atomic E-state index is 6.20. The molecule has 0 saturated heterocycles. The number of benzene rings is 1. The lowest BCUT2D eigenvalue weighted by Gasteiger charge is -2.03. The molecule has 2 aromatic heterocycles. The summed E-state index contributed by atoms with van der Waals surface area (Å²) >= 11 is 10.1. The third kappa shape index (κ3) is 2.17. The summed E-state index contributed by atoms with van der Waals surface area (Å²) in [5.41, 5.74) is 1.89. The van der Waals surface area contributed by atoms with E-state index in [1.165, 1.54) is 0 Å². The van der Waals surface area contributed by atoms with Gasteiger partial charge in [-0.25, -0.2) is 9.97 Å². The van der Waals surface area contributed by atoms with Crippen LogP contribution >= 0.6 is 45.5 Å². The normalized spacial score (nSPS) is 10.9. The highest BCUT2D eigenvalue weighted by Gasteiger charge is 2.08. The van der Waals surface area contributed by atoms with Crippen LogP contribution < -0.4 is 0 Å². The van der Waals surface area contributed by atoms with Gasteiger partial charge in [0.25, 0.3) is 0 Å². The fourth-order valence-electron chi connectivity index (χ4n) is 1.58. The first-order valence-corrected chi connectivity index (χ1v) is 7.29. The van der Waals surface area contributed by atoms with Gasteiger partial charge in [0.15, 0.2) is 5.82 Å². The van der Waals surface area contributed by atoms with E-state index in [2.05, 4.69) is 32.6 Å². The molecular formula is C12H6ClIN2S. The van der Waals surface area contributed by atoms with Crippen LogP contribution in [0.25, 0.3) is 22.3 Å². The quantitative estimate of drug-likeness (QED) is 0.460. The molecule has 0 spiro atoms.